The Balaban J connectivity index is 1.36. The number of carbonyl (C=O) groups excluding carboxylic acids is 2. The van der Waals surface area contributed by atoms with E-state index in [0.717, 1.165) is 54.4 Å². The number of fused-ring (bicyclic) bond motifs is 1. The van der Waals surface area contributed by atoms with Crippen LogP contribution in [0.1, 0.15) is 60.6 Å². The van der Waals surface area contributed by atoms with Crippen LogP contribution in [0.5, 0.6) is 0 Å². The number of primary amides is 1. The molecule has 7 nitrogen and oxygen atoms in total. The Morgan fingerprint density at radius 2 is 1.90 bits per heavy atom. The SMILES string of the molecule is CCc1cc(C[CH]C(=O)N2CCC(N3CCCCC3)CC2)cc2c(C(N)=O)n[nH]c12. The summed E-state index contributed by atoms with van der Waals surface area (Å²) in [7, 11) is 0. The van der Waals surface area contributed by atoms with Crippen LogP contribution in [0.2, 0.25) is 0 Å². The minimum atomic E-state index is -0.544. The summed E-state index contributed by atoms with van der Waals surface area (Å²) in [4.78, 5) is 29.0. The number of benzene rings is 1. The summed E-state index contributed by atoms with van der Waals surface area (Å²) in [6.07, 6.45) is 9.24. The van der Waals surface area contributed by atoms with E-state index in [1.54, 1.807) is 6.42 Å². The molecule has 0 aliphatic carbocycles. The number of likely N-dealkylation sites (tertiary alicyclic amines) is 2. The number of hydrogen-bond donors (Lipinski definition) is 2. The van der Waals surface area contributed by atoms with Crippen LogP contribution >= 0.6 is 0 Å². The third-order valence-electron chi connectivity index (χ3n) is 6.62. The Hall–Kier alpha value is -2.41. The average Bonchev–Trinajstić information content (AvgIpc) is 3.22. The van der Waals surface area contributed by atoms with Crippen LogP contribution in [0.25, 0.3) is 10.9 Å². The molecule has 1 aromatic heterocycles. The highest BCUT2D eigenvalue weighted by Crippen LogP contribution is 2.24. The lowest BCUT2D eigenvalue weighted by Crippen LogP contribution is -2.48. The van der Waals surface area contributed by atoms with Crippen molar-refractivity contribution in [1.29, 1.82) is 0 Å². The van der Waals surface area contributed by atoms with Crippen LogP contribution in [-0.4, -0.2) is 64.0 Å². The Morgan fingerprint density at radius 1 is 1.17 bits per heavy atom. The van der Waals surface area contributed by atoms with Crippen LogP contribution in [0.15, 0.2) is 12.1 Å². The molecule has 2 aliphatic rings. The average molecular weight is 411 g/mol. The molecule has 0 atom stereocenters. The molecule has 2 saturated heterocycles. The maximum absolute atomic E-state index is 12.8. The first-order chi connectivity index (χ1) is 14.6. The maximum Gasteiger partial charge on any atom is 0.269 e. The molecule has 0 bridgehead atoms. The Kier molecular flexibility index (Phi) is 6.37. The highest BCUT2D eigenvalue weighted by atomic mass is 16.2. The number of H-pyrrole nitrogens is 1. The van der Waals surface area contributed by atoms with E-state index in [4.69, 9.17) is 5.73 Å². The van der Waals surface area contributed by atoms with Crippen LogP contribution in [0.3, 0.4) is 0 Å². The third-order valence-corrected chi connectivity index (χ3v) is 6.62. The van der Waals surface area contributed by atoms with Crippen molar-refractivity contribution in [1.82, 2.24) is 20.0 Å². The van der Waals surface area contributed by atoms with Gasteiger partial charge in [-0.05, 0) is 68.8 Å². The summed E-state index contributed by atoms with van der Waals surface area (Å²) in [5, 5.41) is 7.73. The van der Waals surface area contributed by atoms with Gasteiger partial charge < -0.3 is 15.5 Å². The standard InChI is InChI=1S/C23H32N5O2/c1-2-17-14-16(15-19-21(17)25-26-22(19)23(24)30)6-7-20(29)28-12-8-18(9-13-28)27-10-4-3-5-11-27/h7,14-15,18H,2-6,8-13H2,1H3,(H2,24,30)(H,25,26). The number of aryl methyl sites for hydroxylation is 1. The molecule has 0 unspecified atom stereocenters. The predicted octanol–water partition coefficient (Wildman–Crippen LogP) is 2.45. The molecule has 1 aromatic carbocycles. The second kappa shape index (κ2) is 9.16. The van der Waals surface area contributed by atoms with Crippen molar-refractivity contribution in [2.24, 2.45) is 5.73 Å². The molecular weight excluding hydrogens is 378 g/mol. The first-order valence-corrected chi connectivity index (χ1v) is 11.2. The number of aromatic nitrogens is 2. The van der Waals surface area contributed by atoms with Gasteiger partial charge in [0.05, 0.1) is 11.9 Å². The second-order valence-electron chi connectivity index (χ2n) is 8.53. The van der Waals surface area contributed by atoms with Crippen molar-refractivity contribution in [2.45, 2.75) is 57.9 Å². The summed E-state index contributed by atoms with van der Waals surface area (Å²) >= 11 is 0. The van der Waals surface area contributed by atoms with E-state index >= 15 is 0 Å². The molecule has 0 spiro atoms. The van der Waals surface area contributed by atoms with Crippen molar-refractivity contribution in [3.8, 4) is 0 Å². The van der Waals surface area contributed by atoms with Gasteiger partial charge in [-0.3, -0.25) is 14.7 Å². The smallest absolute Gasteiger partial charge is 0.269 e. The lowest BCUT2D eigenvalue weighted by atomic mass is 9.98. The van der Waals surface area contributed by atoms with Gasteiger partial charge in [0.2, 0.25) is 5.91 Å². The molecule has 1 radical (unpaired) electrons. The number of nitrogens with two attached hydrogens (primary N) is 1. The van der Waals surface area contributed by atoms with Crippen LogP contribution in [-0.2, 0) is 17.6 Å². The lowest BCUT2D eigenvalue weighted by Gasteiger charge is -2.40. The fourth-order valence-electron chi connectivity index (χ4n) is 4.91. The normalized spacial score (nSPS) is 18.8. The Bertz CT molecular complexity index is 908. The zero-order valence-electron chi connectivity index (χ0n) is 17.8. The Labute approximate surface area is 178 Å². The Morgan fingerprint density at radius 3 is 2.57 bits per heavy atom. The first kappa shape index (κ1) is 20.8. The van der Waals surface area contributed by atoms with E-state index in [1.165, 1.54) is 32.4 Å². The van der Waals surface area contributed by atoms with Crippen LogP contribution < -0.4 is 5.73 Å². The van der Waals surface area contributed by atoms with Crippen molar-refractivity contribution in [3.63, 3.8) is 0 Å². The number of hydrogen-bond acceptors (Lipinski definition) is 4. The maximum atomic E-state index is 12.8. The summed E-state index contributed by atoms with van der Waals surface area (Å²) in [5.74, 6) is -0.440. The largest absolute Gasteiger partial charge is 0.364 e. The molecule has 2 aromatic rings. The predicted molar refractivity (Wildman–Crippen MR) is 117 cm³/mol. The number of nitrogens with zero attached hydrogens (tertiary/aromatic N) is 3. The third kappa shape index (κ3) is 4.36. The van der Waals surface area contributed by atoms with Gasteiger partial charge in [-0.15, -0.1) is 0 Å². The van der Waals surface area contributed by atoms with Crippen molar-refractivity contribution >= 4 is 22.7 Å². The number of carbonyl (C=O) groups is 2. The van der Waals surface area contributed by atoms with Gasteiger partial charge in [0.15, 0.2) is 5.69 Å². The molecule has 2 aliphatic heterocycles. The van der Waals surface area contributed by atoms with E-state index in [9.17, 15) is 9.59 Å². The van der Waals surface area contributed by atoms with E-state index in [0.29, 0.717) is 12.5 Å². The fourth-order valence-corrected chi connectivity index (χ4v) is 4.91. The second-order valence-corrected chi connectivity index (χ2v) is 8.53. The quantitative estimate of drug-likeness (QED) is 0.765. The number of rotatable bonds is 6. The number of amides is 2. The van der Waals surface area contributed by atoms with Crippen molar-refractivity contribution < 1.29 is 9.59 Å². The molecule has 3 heterocycles. The van der Waals surface area contributed by atoms with Gasteiger partial charge in [0.25, 0.3) is 5.91 Å². The molecule has 2 amide bonds. The fraction of sp³-hybridized carbons (Fsp3) is 0.565. The van der Waals surface area contributed by atoms with Crippen LogP contribution in [0.4, 0.5) is 0 Å². The number of nitrogens with one attached hydrogen (secondary N) is 1. The molecule has 3 N–H and O–H groups in total. The van der Waals surface area contributed by atoms with Crippen molar-refractivity contribution in [2.75, 3.05) is 26.2 Å². The lowest BCUT2D eigenvalue weighted by molar-refractivity contribution is -0.129. The summed E-state index contributed by atoms with van der Waals surface area (Å²) in [6, 6.07) is 4.64. The van der Waals surface area contributed by atoms with E-state index in [2.05, 4.69) is 28.1 Å². The number of aromatic amines is 1. The minimum absolute atomic E-state index is 0.104. The van der Waals surface area contributed by atoms with Crippen LogP contribution in [0, 0.1) is 6.42 Å². The summed E-state index contributed by atoms with van der Waals surface area (Å²) < 4.78 is 0. The van der Waals surface area contributed by atoms with Gasteiger partial charge in [-0.1, -0.05) is 19.4 Å². The van der Waals surface area contributed by atoms with Gasteiger partial charge in [0.1, 0.15) is 0 Å². The summed E-state index contributed by atoms with van der Waals surface area (Å²) in [6.45, 7) is 6.17. The monoisotopic (exact) mass is 410 g/mol. The van der Waals surface area contributed by atoms with Gasteiger partial charge in [-0.2, -0.15) is 5.10 Å². The molecule has 2 fully saturated rings. The van der Waals surface area contributed by atoms with E-state index < -0.39 is 5.91 Å². The van der Waals surface area contributed by atoms with Gasteiger partial charge in [-0.25, -0.2) is 0 Å². The van der Waals surface area contributed by atoms with Crippen molar-refractivity contribution in [3.05, 3.63) is 35.4 Å². The van der Waals surface area contributed by atoms with Gasteiger partial charge in [0, 0.05) is 24.5 Å². The molecule has 161 valence electrons. The molecule has 7 heteroatoms. The molecular formula is C23H32N5O2. The minimum Gasteiger partial charge on any atom is -0.364 e. The highest BCUT2D eigenvalue weighted by molar-refractivity contribution is 6.04. The highest BCUT2D eigenvalue weighted by Gasteiger charge is 2.27. The van der Waals surface area contributed by atoms with E-state index in [-0.39, 0.29) is 11.6 Å². The summed E-state index contributed by atoms with van der Waals surface area (Å²) in [5.41, 5.74) is 8.64. The molecule has 30 heavy (non-hydrogen) atoms. The topological polar surface area (TPSA) is 95.3 Å². The first-order valence-electron chi connectivity index (χ1n) is 11.2. The molecule has 0 saturated carbocycles. The molecule has 4 rings (SSSR count). The zero-order chi connectivity index (χ0) is 21.1. The zero-order valence-corrected chi connectivity index (χ0v) is 17.8. The number of piperidine rings is 2. The van der Waals surface area contributed by atoms with Gasteiger partial charge >= 0.3 is 0 Å². The van der Waals surface area contributed by atoms with E-state index in [1.807, 2.05) is 11.0 Å².